The Labute approximate surface area is 70.6 Å². The average Bonchev–Trinajstić information content (AvgIpc) is 2.48. The van der Waals surface area contributed by atoms with Crippen LogP contribution in [0.4, 0.5) is 13.2 Å². The minimum Gasteiger partial charge on any atom is -0.233 e. The lowest BCUT2D eigenvalue weighted by atomic mass is 10.1. The highest BCUT2D eigenvalue weighted by atomic mass is 19.4. The molecule has 1 aliphatic heterocycles. The molecule has 0 aromatic carbocycles. The highest BCUT2D eigenvalue weighted by molar-refractivity contribution is 6.03. The summed E-state index contributed by atoms with van der Waals surface area (Å²) in [7, 11) is 0. The number of halogens is 3. The van der Waals surface area contributed by atoms with E-state index in [1.54, 1.807) is 0 Å². The first-order valence-electron chi connectivity index (χ1n) is 2.98. The van der Waals surface area contributed by atoms with Gasteiger partial charge in [0.05, 0.1) is 6.21 Å². The van der Waals surface area contributed by atoms with Gasteiger partial charge in [0.1, 0.15) is 12.1 Å². The fraction of sp³-hybridized carbons (Fsp3) is 0.333. The summed E-state index contributed by atoms with van der Waals surface area (Å²) in [5.74, 6) is -1.45. The molecule has 0 radical (unpaired) electrons. The van der Waals surface area contributed by atoms with E-state index >= 15 is 0 Å². The van der Waals surface area contributed by atoms with Gasteiger partial charge in [0.15, 0.2) is 0 Å². The molecule has 0 saturated heterocycles. The first kappa shape index (κ1) is 9.20. The van der Waals surface area contributed by atoms with Crippen LogP contribution in [-0.2, 0) is 0 Å². The van der Waals surface area contributed by atoms with Crippen molar-refractivity contribution in [1.82, 2.24) is 0 Å². The van der Waals surface area contributed by atoms with Crippen molar-refractivity contribution in [3.8, 4) is 12.1 Å². The standard InChI is InChI=1S/C6HF3N4/c7-6(8,9)4-12-3-5(1-10,2-11)13-4/h3H. The molecule has 0 amide bonds. The van der Waals surface area contributed by atoms with E-state index in [1.807, 2.05) is 0 Å². The Hall–Kier alpha value is -1.89. The van der Waals surface area contributed by atoms with Crippen LogP contribution in [0.15, 0.2) is 9.98 Å². The van der Waals surface area contributed by atoms with E-state index in [9.17, 15) is 13.2 Å². The predicted octanol–water partition coefficient (Wildman–Crippen LogP) is 0.818. The molecule has 13 heavy (non-hydrogen) atoms. The lowest BCUT2D eigenvalue weighted by molar-refractivity contribution is -0.0596. The van der Waals surface area contributed by atoms with Crippen molar-refractivity contribution in [3.05, 3.63) is 0 Å². The maximum Gasteiger partial charge on any atom is 0.451 e. The van der Waals surface area contributed by atoms with Gasteiger partial charge >= 0.3 is 6.18 Å². The van der Waals surface area contributed by atoms with E-state index in [1.165, 1.54) is 12.1 Å². The summed E-state index contributed by atoms with van der Waals surface area (Å²) in [6.07, 6.45) is -4.14. The van der Waals surface area contributed by atoms with Crippen molar-refractivity contribution in [2.75, 3.05) is 0 Å². The fourth-order valence-corrected chi connectivity index (χ4v) is 0.649. The Bertz CT molecular complexity index is 351. The predicted molar refractivity (Wildman–Crippen MR) is 35.9 cm³/mol. The number of aliphatic imine (C=N–C) groups is 2. The van der Waals surface area contributed by atoms with Crippen LogP contribution in [0.25, 0.3) is 0 Å². The molecule has 0 aliphatic carbocycles. The van der Waals surface area contributed by atoms with Crippen LogP contribution >= 0.6 is 0 Å². The highest BCUT2D eigenvalue weighted by Crippen LogP contribution is 2.24. The van der Waals surface area contributed by atoms with Gasteiger partial charge in [0.2, 0.25) is 5.84 Å². The quantitative estimate of drug-likeness (QED) is 0.561. The maximum atomic E-state index is 11.9. The molecule has 0 fully saturated rings. The zero-order valence-corrected chi connectivity index (χ0v) is 6.00. The second-order valence-electron chi connectivity index (χ2n) is 2.18. The first-order chi connectivity index (χ1) is 5.93. The van der Waals surface area contributed by atoms with E-state index < -0.39 is 17.6 Å². The molecule has 1 rings (SSSR count). The minimum absolute atomic E-state index is 0.579. The Morgan fingerprint density at radius 2 is 1.85 bits per heavy atom. The van der Waals surface area contributed by atoms with Crippen molar-refractivity contribution >= 4 is 12.1 Å². The minimum atomic E-state index is -4.72. The van der Waals surface area contributed by atoms with Crippen LogP contribution in [0.1, 0.15) is 0 Å². The zero-order chi connectivity index (χ0) is 10.1. The molecule has 0 bridgehead atoms. The highest BCUT2D eigenvalue weighted by Gasteiger charge is 2.43. The number of amidine groups is 1. The van der Waals surface area contributed by atoms with Gasteiger partial charge in [-0.25, -0.2) is 9.98 Å². The number of hydrogen-bond donors (Lipinski definition) is 0. The normalized spacial score (nSPS) is 19.0. The Morgan fingerprint density at radius 3 is 2.08 bits per heavy atom. The smallest absolute Gasteiger partial charge is 0.233 e. The van der Waals surface area contributed by atoms with Gasteiger partial charge in [0.25, 0.3) is 5.54 Å². The second kappa shape index (κ2) is 2.56. The summed E-state index contributed by atoms with van der Waals surface area (Å²) >= 11 is 0. The fourth-order valence-electron chi connectivity index (χ4n) is 0.649. The van der Waals surface area contributed by atoms with Gasteiger partial charge in [-0.3, -0.25) is 0 Å². The Morgan fingerprint density at radius 1 is 1.31 bits per heavy atom. The molecule has 0 unspecified atom stereocenters. The summed E-state index contributed by atoms with van der Waals surface area (Å²) in [6.45, 7) is 0. The van der Waals surface area contributed by atoms with Crippen molar-refractivity contribution in [1.29, 1.82) is 10.5 Å². The number of nitriles is 2. The monoisotopic (exact) mass is 186 g/mol. The van der Waals surface area contributed by atoms with E-state index in [0.717, 1.165) is 0 Å². The SMILES string of the molecule is N#CC1(C#N)C=NC(C(F)(F)F)=N1. The molecule has 0 aromatic rings. The number of rotatable bonds is 0. The van der Waals surface area contributed by atoms with E-state index in [0.29, 0.717) is 6.21 Å². The van der Waals surface area contributed by atoms with Crippen LogP contribution in [-0.4, -0.2) is 23.8 Å². The maximum absolute atomic E-state index is 11.9. The van der Waals surface area contributed by atoms with Gasteiger partial charge in [-0.2, -0.15) is 23.7 Å². The molecule has 66 valence electrons. The molecule has 0 aromatic heterocycles. The summed E-state index contributed by atoms with van der Waals surface area (Å²) in [4.78, 5) is 5.73. The molecule has 1 heterocycles. The third kappa shape index (κ3) is 1.49. The van der Waals surface area contributed by atoms with Crippen LogP contribution < -0.4 is 0 Å². The van der Waals surface area contributed by atoms with Gasteiger partial charge in [-0.1, -0.05) is 0 Å². The molecule has 0 spiro atoms. The average molecular weight is 186 g/mol. The summed E-state index contributed by atoms with van der Waals surface area (Å²) in [6, 6.07) is 2.66. The Kier molecular flexibility index (Phi) is 1.81. The summed E-state index contributed by atoms with van der Waals surface area (Å²) in [5.41, 5.74) is -2.11. The van der Waals surface area contributed by atoms with Crippen LogP contribution in [0, 0.1) is 22.7 Å². The van der Waals surface area contributed by atoms with E-state index in [4.69, 9.17) is 10.5 Å². The van der Waals surface area contributed by atoms with Crippen LogP contribution in [0.3, 0.4) is 0 Å². The number of alkyl halides is 3. The molecular formula is C6HF3N4. The topological polar surface area (TPSA) is 72.3 Å². The third-order valence-electron chi connectivity index (χ3n) is 1.25. The van der Waals surface area contributed by atoms with Crippen LogP contribution in [0.2, 0.25) is 0 Å². The third-order valence-corrected chi connectivity index (χ3v) is 1.25. The lowest BCUT2D eigenvalue weighted by Crippen LogP contribution is -2.23. The van der Waals surface area contributed by atoms with Crippen molar-refractivity contribution in [3.63, 3.8) is 0 Å². The zero-order valence-electron chi connectivity index (χ0n) is 6.00. The lowest BCUT2D eigenvalue weighted by Gasteiger charge is -2.02. The van der Waals surface area contributed by atoms with Crippen molar-refractivity contribution < 1.29 is 13.2 Å². The van der Waals surface area contributed by atoms with Gasteiger partial charge < -0.3 is 0 Å². The summed E-state index contributed by atoms with van der Waals surface area (Å²) in [5, 5.41) is 16.7. The Balaban J connectivity index is 3.10. The molecule has 1 aliphatic rings. The van der Waals surface area contributed by atoms with Gasteiger partial charge in [-0.05, 0) is 0 Å². The van der Waals surface area contributed by atoms with Gasteiger partial charge in [-0.15, -0.1) is 0 Å². The first-order valence-corrected chi connectivity index (χ1v) is 2.98. The molecule has 4 nitrogen and oxygen atoms in total. The van der Waals surface area contributed by atoms with E-state index in [-0.39, 0.29) is 0 Å². The summed E-state index contributed by atoms with van der Waals surface area (Å²) < 4.78 is 35.7. The van der Waals surface area contributed by atoms with Gasteiger partial charge in [0, 0.05) is 0 Å². The molecular weight excluding hydrogens is 185 g/mol. The largest absolute Gasteiger partial charge is 0.451 e. The van der Waals surface area contributed by atoms with E-state index in [2.05, 4.69) is 9.98 Å². The molecule has 7 heteroatoms. The molecule has 0 N–H and O–H groups in total. The number of hydrogen-bond acceptors (Lipinski definition) is 4. The van der Waals surface area contributed by atoms with Crippen LogP contribution in [0.5, 0.6) is 0 Å². The van der Waals surface area contributed by atoms with Crippen molar-refractivity contribution in [2.24, 2.45) is 9.98 Å². The van der Waals surface area contributed by atoms with Crippen molar-refractivity contribution in [2.45, 2.75) is 11.7 Å². The second-order valence-corrected chi connectivity index (χ2v) is 2.18. The molecule has 0 saturated carbocycles. The number of nitrogens with zero attached hydrogens (tertiary/aromatic N) is 4. The molecule has 0 atom stereocenters.